The first-order valence-corrected chi connectivity index (χ1v) is 10.0. The van der Waals surface area contributed by atoms with Crippen LogP contribution in [0.5, 0.6) is 11.5 Å². The lowest BCUT2D eigenvalue weighted by Gasteiger charge is -2.27. The predicted molar refractivity (Wildman–Crippen MR) is 112 cm³/mol. The Morgan fingerprint density at radius 2 is 1.93 bits per heavy atom. The van der Waals surface area contributed by atoms with Crippen molar-refractivity contribution >= 4 is 35.3 Å². The number of thiazole rings is 1. The minimum atomic E-state index is -0.413. The molecule has 1 amide bonds. The van der Waals surface area contributed by atoms with E-state index in [0.29, 0.717) is 32.8 Å². The molecule has 0 fully saturated rings. The van der Waals surface area contributed by atoms with Gasteiger partial charge in [0.1, 0.15) is 16.9 Å². The molecule has 2 heterocycles. The zero-order valence-electron chi connectivity index (χ0n) is 15.4. The Kier molecular flexibility index (Phi) is 5.06. The van der Waals surface area contributed by atoms with Gasteiger partial charge in [0, 0.05) is 5.69 Å². The van der Waals surface area contributed by atoms with E-state index in [1.165, 1.54) is 11.3 Å². The third-order valence-electron chi connectivity index (χ3n) is 4.41. The summed E-state index contributed by atoms with van der Waals surface area (Å²) in [5.41, 5.74) is 1.77. The van der Waals surface area contributed by atoms with Gasteiger partial charge in [0.25, 0.3) is 5.91 Å². The highest BCUT2D eigenvalue weighted by Gasteiger charge is 2.30. The minimum Gasteiger partial charge on any atom is -0.493 e. The maximum absolute atomic E-state index is 12.7. The van der Waals surface area contributed by atoms with Crippen molar-refractivity contribution in [2.75, 3.05) is 19.0 Å². The van der Waals surface area contributed by atoms with Gasteiger partial charge >= 0.3 is 0 Å². The Labute approximate surface area is 171 Å². The van der Waals surface area contributed by atoms with Crippen LogP contribution < -0.4 is 20.1 Å². The molecule has 0 radical (unpaired) electrons. The van der Waals surface area contributed by atoms with Crippen LogP contribution in [0.25, 0.3) is 5.69 Å². The van der Waals surface area contributed by atoms with Crippen molar-refractivity contribution in [3.05, 3.63) is 62.9 Å². The monoisotopic (exact) mass is 413 g/mol. The molecule has 144 valence electrons. The van der Waals surface area contributed by atoms with Gasteiger partial charge in [-0.3, -0.25) is 9.36 Å². The summed E-state index contributed by atoms with van der Waals surface area (Å²) in [7, 11) is 1.60. The number of benzene rings is 2. The summed E-state index contributed by atoms with van der Waals surface area (Å²) in [5, 5.41) is 6.41. The van der Waals surface area contributed by atoms with Gasteiger partial charge in [-0.25, -0.2) is 0 Å². The van der Waals surface area contributed by atoms with E-state index in [0.717, 1.165) is 11.3 Å². The lowest BCUT2D eigenvalue weighted by Crippen LogP contribution is -2.38. The molecule has 0 unspecified atom stereocenters. The van der Waals surface area contributed by atoms with Crippen molar-refractivity contribution in [1.29, 1.82) is 0 Å². The maximum Gasteiger partial charge on any atom is 0.267 e. The molecular formula is C20H19N3O3S2. The Bertz CT molecular complexity index is 1080. The highest BCUT2D eigenvalue weighted by Crippen LogP contribution is 2.36. The first-order chi connectivity index (χ1) is 13.6. The van der Waals surface area contributed by atoms with Gasteiger partial charge in [-0.2, -0.15) is 0 Å². The Morgan fingerprint density at radius 1 is 1.14 bits per heavy atom. The third kappa shape index (κ3) is 3.25. The molecule has 0 aliphatic carbocycles. The number of rotatable bonds is 5. The van der Waals surface area contributed by atoms with E-state index in [1.807, 2.05) is 60.0 Å². The van der Waals surface area contributed by atoms with Crippen LogP contribution in [0.15, 0.2) is 48.5 Å². The van der Waals surface area contributed by atoms with Crippen LogP contribution in [0.4, 0.5) is 5.82 Å². The molecule has 6 nitrogen and oxygen atoms in total. The Hall–Kier alpha value is -2.84. The molecule has 1 atom stereocenters. The number of hydrogen-bond acceptors (Lipinski definition) is 6. The number of anilines is 1. The molecule has 2 N–H and O–H groups in total. The number of nitrogens with one attached hydrogen (secondary N) is 2. The number of carbonyl (C=O) groups excluding carboxylic acids is 1. The topological polar surface area (TPSA) is 64.5 Å². The first-order valence-electron chi connectivity index (χ1n) is 8.81. The number of hydrogen-bond donors (Lipinski definition) is 2. The van der Waals surface area contributed by atoms with E-state index in [-0.39, 0.29) is 5.91 Å². The highest BCUT2D eigenvalue weighted by atomic mass is 32.1. The zero-order chi connectivity index (χ0) is 19.7. The van der Waals surface area contributed by atoms with Gasteiger partial charge in [-0.1, -0.05) is 35.6 Å². The van der Waals surface area contributed by atoms with Gasteiger partial charge in [-0.15, -0.1) is 0 Å². The number of amides is 1. The summed E-state index contributed by atoms with van der Waals surface area (Å²) in [4.78, 5) is 13.3. The van der Waals surface area contributed by atoms with Crippen LogP contribution in [0.3, 0.4) is 0 Å². The molecule has 0 spiro atoms. The smallest absolute Gasteiger partial charge is 0.267 e. The fourth-order valence-corrected chi connectivity index (χ4v) is 4.45. The number of aromatic nitrogens is 1. The van der Waals surface area contributed by atoms with Gasteiger partial charge in [0.15, 0.2) is 15.5 Å². The third-order valence-corrected chi connectivity index (χ3v) is 5.78. The summed E-state index contributed by atoms with van der Waals surface area (Å²) in [6, 6.07) is 15.4. The van der Waals surface area contributed by atoms with Crippen molar-refractivity contribution in [3.8, 4) is 17.2 Å². The van der Waals surface area contributed by atoms with Crippen LogP contribution in [0.2, 0.25) is 0 Å². The fourth-order valence-electron chi connectivity index (χ4n) is 3.15. The predicted octanol–water partition coefficient (Wildman–Crippen LogP) is 4.53. The van der Waals surface area contributed by atoms with E-state index in [4.69, 9.17) is 21.7 Å². The van der Waals surface area contributed by atoms with Crippen LogP contribution in [-0.2, 0) is 0 Å². The SMILES string of the molecule is CCOc1cc([C@H]2NC(=O)c3sc(=S)n(-c4ccccc4)c3N2)ccc1OC. The molecule has 0 bridgehead atoms. The number of nitrogens with zero attached hydrogens (tertiary/aromatic N) is 1. The number of carbonyl (C=O) groups is 1. The largest absolute Gasteiger partial charge is 0.493 e. The minimum absolute atomic E-state index is 0.154. The second-order valence-electron chi connectivity index (χ2n) is 6.11. The summed E-state index contributed by atoms with van der Waals surface area (Å²) in [6.07, 6.45) is -0.413. The highest BCUT2D eigenvalue weighted by molar-refractivity contribution is 7.73. The van der Waals surface area contributed by atoms with Crippen LogP contribution in [-0.4, -0.2) is 24.2 Å². The molecule has 0 saturated carbocycles. The molecular weight excluding hydrogens is 394 g/mol. The van der Waals surface area contributed by atoms with Crippen molar-refractivity contribution in [1.82, 2.24) is 9.88 Å². The average Bonchev–Trinajstić information content (AvgIpc) is 3.05. The normalized spacial score (nSPS) is 15.4. The van der Waals surface area contributed by atoms with Crippen molar-refractivity contribution < 1.29 is 14.3 Å². The number of ether oxygens (including phenoxy) is 2. The lowest BCUT2D eigenvalue weighted by molar-refractivity contribution is 0.0939. The van der Waals surface area contributed by atoms with Crippen LogP contribution >= 0.6 is 23.6 Å². The number of para-hydroxylation sites is 1. The number of fused-ring (bicyclic) bond motifs is 1. The zero-order valence-corrected chi connectivity index (χ0v) is 17.0. The van der Waals surface area contributed by atoms with E-state index < -0.39 is 6.17 Å². The van der Waals surface area contributed by atoms with Crippen molar-refractivity contribution in [3.63, 3.8) is 0 Å². The second kappa shape index (κ2) is 7.65. The van der Waals surface area contributed by atoms with Crippen LogP contribution in [0.1, 0.15) is 28.3 Å². The summed E-state index contributed by atoms with van der Waals surface area (Å²) < 4.78 is 13.5. The second-order valence-corrected chi connectivity index (χ2v) is 7.75. The van der Waals surface area contributed by atoms with Gasteiger partial charge in [0.05, 0.1) is 13.7 Å². The molecule has 28 heavy (non-hydrogen) atoms. The summed E-state index contributed by atoms with van der Waals surface area (Å²) in [5.74, 6) is 1.83. The Balaban J connectivity index is 1.75. The molecule has 1 aliphatic heterocycles. The fraction of sp³-hybridized carbons (Fsp3) is 0.200. The van der Waals surface area contributed by atoms with Crippen molar-refractivity contribution in [2.45, 2.75) is 13.1 Å². The Morgan fingerprint density at radius 3 is 2.64 bits per heavy atom. The number of methoxy groups -OCH3 is 1. The van der Waals surface area contributed by atoms with E-state index >= 15 is 0 Å². The summed E-state index contributed by atoms with van der Waals surface area (Å²) >= 11 is 6.82. The molecule has 3 aromatic rings. The van der Waals surface area contributed by atoms with Crippen LogP contribution in [0, 0.1) is 3.95 Å². The lowest BCUT2D eigenvalue weighted by atomic mass is 10.1. The van der Waals surface area contributed by atoms with Gasteiger partial charge < -0.3 is 20.1 Å². The van der Waals surface area contributed by atoms with Gasteiger partial charge in [-0.05, 0) is 49.0 Å². The molecule has 8 heteroatoms. The summed E-state index contributed by atoms with van der Waals surface area (Å²) in [6.45, 7) is 2.44. The first kappa shape index (κ1) is 18.5. The molecule has 0 saturated heterocycles. The van der Waals surface area contributed by atoms with Gasteiger partial charge in [0.2, 0.25) is 0 Å². The standard InChI is InChI=1S/C20H19N3O3S2/c1-3-26-15-11-12(9-10-14(15)25-2)17-21-18-16(19(24)22-17)28-20(27)23(18)13-7-5-4-6-8-13/h4-11,17,21H,3H2,1-2H3,(H,22,24)/t17-/m1/s1. The average molecular weight is 414 g/mol. The van der Waals surface area contributed by atoms with E-state index in [2.05, 4.69) is 10.6 Å². The van der Waals surface area contributed by atoms with Crippen molar-refractivity contribution in [2.24, 2.45) is 0 Å². The maximum atomic E-state index is 12.7. The van der Waals surface area contributed by atoms with E-state index in [9.17, 15) is 4.79 Å². The molecule has 1 aliphatic rings. The molecule has 4 rings (SSSR count). The molecule has 2 aromatic carbocycles. The molecule has 1 aromatic heterocycles. The quantitative estimate of drug-likeness (QED) is 0.602. The van der Waals surface area contributed by atoms with E-state index in [1.54, 1.807) is 7.11 Å².